The Hall–Kier alpha value is -0.840. The van der Waals surface area contributed by atoms with Gasteiger partial charge >= 0.3 is 0 Å². The molecule has 5 heteroatoms. The molecule has 2 rings (SSSR count). The van der Waals surface area contributed by atoms with Crippen molar-refractivity contribution in [3.05, 3.63) is 28.8 Å². The van der Waals surface area contributed by atoms with Crippen molar-refractivity contribution in [2.75, 3.05) is 18.5 Å². The van der Waals surface area contributed by atoms with E-state index in [4.69, 9.17) is 34.3 Å². The Morgan fingerprint density at radius 2 is 2.35 bits per heavy atom. The van der Waals surface area contributed by atoms with E-state index in [0.29, 0.717) is 22.7 Å². The highest BCUT2D eigenvalue weighted by Crippen LogP contribution is 2.25. The Balaban J connectivity index is 2.19. The number of ether oxygens (including phenoxy) is 1. The molecule has 3 nitrogen and oxygen atoms in total. The van der Waals surface area contributed by atoms with E-state index in [1.165, 1.54) is 0 Å². The van der Waals surface area contributed by atoms with Gasteiger partial charge in [0.25, 0.3) is 0 Å². The van der Waals surface area contributed by atoms with Gasteiger partial charge in [-0.1, -0.05) is 29.9 Å². The minimum atomic E-state index is 0.301. The molecule has 1 unspecified atom stereocenters. The second-order valence-electron chi connectivity index (χ2n) is 4.09. The summed E-state index contributed by atoms with van der Waals surface area (Å²) in [6.45, 7) is 1.55. The summed E-state index contributed by atoms with van der Waals surface area (Å²) >= 11 is 11.1. The molecular formula is C12H15ClN2OS. The maximum atomic E-state index is 6.10. The SMILES string of the molecule is NC(=S)c1c(Cl)cccc1NC1CCCOC1. The summed E-state index contributed by atoms with van der Waals surface area (Å²) in [4.78, 5) is 0.315. The van der Waals surface area contributed by atoms with Crippen molar-refractivity contribution >= 4 is 34.5 Å². The second kappa shape index (κ2) is 5.67. The molecular weight excluding hydrogens is 256 g/mol. The van der Waals surface area contributed by atoms with Crippen molar-refractivity contribution in [1.82, 2.24) is 0 Å². The van der Waals surface area contributed by atoms with Crippen LogP contribution in [0.5, 0.6) is 0 Å². The third-order valence-electron chi connectivity index (χ3n) is 2.78. The zero-order valence-electron chi connectivity index (χ0n) is 9.41. The minimum absolute atomic E-state index is 0.301. The fourth-order valence-corrected chi connectivity index (χ4v) is 2.52. The molecule has 3 N–H and O–H groups in total. The van der Waals surface area contributed by atoms with Crippen molar-refractivity contribution in [2.45, 2.75) is 18.9 Å². The molecule has 17 heavy (non-hydrogen) atoms. The first-order valence-corrected chi connectivity index (χ1v) is 6.39. The van der Waals surface area contributed by atoms with Crippen LogP contribution >= 0.6 is 23.8 Å². The monoisotopic (exact) mass is 270 g/mol. The van der Waals surface area contributed by atoms with Crippen molar-refractivity contribution in [1.29, 1.82) is 0 Å². The van der Waals surface area contributed by atoms with Crippen LogP contribution in [0.1, 0.15) is 18.4 Å². The first kappa shape index (κ1) is 12.6. The largest absolute Gasteiger partial charge is 0.389 e. The average molecular weight is 271 g/mol. The summed E-state index contributed by atoms with van der Waals surface area (Å²) in [5, 5.41) is 3.98. The molecule has 0 bridgehead atoms. The van der Waals surface area contributed by atoms with Gasteiger partial charge < -0.3 is 15.8 Å². The van der Waals surface area contributed by atoms with Gasteiger partial charge in [-0.05, 0) is 25.0 Å². The lowest BCUT2D eigenvalue weighted by Gasteiger charge is -2.25. The van der Waals surface area contributed by atoms with E-state index in [9.17, 15) is 0 Å². The molecule has 0 amide bonds. The molecule has 0 saturated carbocycles. The number of thiocarbonyl (C=S) groups is 1. The smallest absolute Gasteiger partial charge is 0.107 e. The summed E-state index contributed by atoms with van der Waals surface area (Å²) in [5.41, 5.74) is 7.30. The molecule has 0 aliphatic carbocycles. The maximum Gasteiger partial charge on any atom is 0.107 e. The van der Waals surface area contributed by atoms with Crippen molar-refractivity contribution in [3.63, 3.8) is 0 Å². The van der Waals surface area contributed by atoms with Gasteiger partial charge in [0.1, 0.15) is 4.99 Å². The van der Waals surface area contributed by atoms with Crippen LogP contribution in [0.15, 0.2) is 18.2 Å². The van der Waals surface area contributed by atoms with Crippen LogP contribution in [0.2, 0.25) is 5.02 Å². The Morgan fingerprint density at radius 3 is 3.00 bits per heavy atom. The molecule has 1 aromatic carbocycles. The number of rotatable bonds is 3. The van der Waals surface area contributed by atoms with Crippen LogP contribution in [0.3, 0.4) is 0 Å². The van der Waals surface area contributed by atoms with Crippen LogP contribution in [-0.2, 0) is 4.74 Å². The summed E-state index contributed by atoms with van der Waals surface area (Å²) in [6.07, 6.45) is 2.16. The number of nitrogens with two attached hydrogens (primary N) is 1. The lowest BCUT2D eigenvalue weighted by atomic mass is 10.1. The molecule has 1 aliphatic heterocycles. The molecule has 0 radical (unpaired) electrons. The topological polar surface area (TPSA) is 47.3 Å². The zero-order valence-corrected chi connectivity index (χ0v) is 11.0. The first-order valence-electron chi connectivity index (χ1n) is 5.61. The van der Waals surface area contributed by atoms with Gasteiger partial charge in [0, 0.05) is 18.3 Å². The van der Waals surface area contributed by atoms with Crippen molar-refractivity contribution in [3.8, 4) is 0 Å². The second-order valence-corrected chi connectivity index (χ2v) is 4.93. The van der Waals surface area contributed by atoms with Gasteiger partial charge in [-0.2, -0.15) is 0 Å². The highest BCUT2D eigenvalue weighted by molar-refractivity contribution is 7.80. The normalized spacial score (nSPS) is 19.9. The number of anilines is 1. The van der Waals surface area contributed by atoms with Gasteiger partial charge in [0.2, 0.25) is 0 Å². The molecule has 1 aliphatic rings. The van der Waals surface area contributed by atoms with Crippen LogP contribution in [0.25, 0.3) is 0 Å². The molecule has 1 atom stereocenters. The van der Waals surface area contributed by atoms with Crippen LogP contribution < -0.4 is 11.1 Å². The lowest BCUT2D eigenvalue weighted by Crippen LogP contribution is -2.31. The Labute approximate surface area is 111 Å². The molecule has 1 aromatic rings. The van der Waals surface area contributed by atoms with Crippen LogP contribution in [0.4, 0.5) is 5.69 Å². The first-order chi connectivity index (χ1) is 8.18. The van der Waals surface area contributed by atoms with E-state index < -0.39 is 0 Å². The van der Waals surface area contributed by atoms with E-state index in [1.54, 1.807) is 6.07 Å². The maximum absolute atomic E-state index is 6.10. The summed E-state index contributed by atoms with van der Waals surface area (Å²) in [5.74, 6) is 0. The summed E-state index contributed by atoms with van der Waals surface area (Å²) < 4.78 is 5.43. The van der Waals surface area contributed by atoms with E-state index in [1.807, 2.05) is 12.1 Å². The van der Waals surface area contributed by atoms with Crippen LogP contribution in [-0.4, -0.2) is 24.2 Å². The van der Waals surface area contributed by atoms with Gasteiger partial charge in [0.05, 0.1) is 17.2 Å². The van der Waals surface area contributed by atoms with Crippen molar-refractivity contribution in [2.24, 2.45) is 5.73 Å². The average Bonchev–Trinajstić information content (AvgIpc) is 2.30. The van der Waals surface area contributed by atoms with E-state index in [-0.39, 0.29) is 0 Å². The number of hydrogen-bond donors (Lipinski definition) is 2. The van der Waals surface area contributed by atoms with E-state index >= 15 is 0 Å². The number of halogens is 1. The van der Waals surface area contributed by atoms with E-state index in [0.717, 1.165) is 30.7 Å². The molecule has 0 spiro atoms. The van der Waals surface area contributed by atoms with Crippen molar-refractivity contribution < 1.29 is 4.74 Å². The number of benzene rings is 1. The number of hydrogen-bond acceptors (Lipinski definition) is 3. The molecule has 1 fully saturated rings. The standard InChI is InChI=1S/C12H15ClN2OS/c13-9-4-1-5-10(11(9)12(14)17)15-8-3-2-6-16-7-8/h1,4-5,8,15H,2-3,6-7H2,(H2,14,17). The highest BCUT2D eigenvalue weighted by Gasteiger charge is 2.16. The molecule has 1 saturated heterocycles. The molecule has 1 heterocycles. The van der Waals surface area contributed by atoms with Gasteiger partial charge in [-0.15, -0.1) is 0 Å². The Kier molecular flexibility index (Phi) is 4.20. The van der Waals surface area contributed by atoms with Gasteiger partial charge in [-0.3, -0.25) is 0 Å². The summed E-state index contributed by atoms with van der Waals surface area (Å²) in [6, 6.07) is 5.92. The van der Waals surface area contributed by atoms with Gasteiger partial charge in [0.15, 0.2) is 0 Å². The highest BCUT2D eigenvalue weighted by atomic mass is 35.5. The summed E-state index contributed by atoms with van der Waals surface area (Å²) in [7, 11) is 0. The minimum Gasteiger partial charge on any atom is -0.389 e. The van der Waals surface area contributed by atoms with Gasteiger partial charge in [-0.25, -0.2) is 0 Å². The lowest BCUT2D eigenvalue weighted by molar-refractivity contribution is 0.0876. The third-order valence-corrected chi connectivity index (χ3v) is 3.30. The third kappa shape index (κ3) is 3.09. The zero-order chi connectivity index (χ0) is 12.3. The number of nitrogens with one attached hydrogen (secondary N) is 1. The predicted molar refractivity (Wildman–Crippen MR) is 74.8 cm³/mol. The molecule has 92 valence electrons. The quantitative estimate of drug-likeness (QED) is 0.829. The fraction of sp³-hybridized carbons (Fsp3) is 0.417. The molecule has 0 aromatic heterocycles. The van der Waals surface area contributed by atoms with Crippen LogP contribution in [0, 0.1) is 0 Å². The predicted octanol–water partition coefficient (Wildman–Crippen LogP) is 2.57. The Bertz CT molecular complexity index is 419. The Morgan fingerprint density at radius 1 is 1.53 bits per heavy atom. The fourth-order valence-electron chi connectivity index (χ4n) is 1.97. The van der Waals surface area contributed by atoms with E-state index in [2.05, 4.69) is 5.32 Å².